The maximum atomic E-state index is 5.54. The lowest BCUT2D eigenvalue weighted by atomic mass is 10.3. The quantitative estimate of drug-likeness (QED) is 0.835. The smallest absolute Gasteiger partial charge is 0.238 e. The fraction of sp³-hybridized carbons (Fsp3) is 0.0909. The number of halogens is 1. The fourth-order valence-corrected chi connectivity index (χ4v) is 1.45. The van der Waals surface area contributed by atoms with Gasteiger partial charge in [-0.1, -0.05) is 12.1 Å². The lowest BCUT2D eigenvalue weighted by molar-refractivity contribution is 0.451. The van der Waals surface area contributed by atoms with E-state index in [9.17, 15) is 0 Å². The van der Waals surface area contributed by atoms with Gasteiger partial charge in [-0.15, -0.1) is 5.10 Å². The molecule has 0 aliphatic heterocycles. The van der Waals surface area contributed by atoms with Crippen molar-refractivity contribution in [3.05, 3.63) is 46.6 Å². The first-order valence-electron chi connectivity index (χ1n) is 4.48. The molecule has 4 heteroatoms. The molecule has 0 spiro atoms. The maximum absolute atomic E-state index is 5.54. The minimum Gasteiger partial charge on any atom is -0.436 e. The summed E-state index contributed by atoms with van der Waals surface area (Å²) in [5, 5.41) is 7.84. The number of rotatable bonds is 2. The Kier molecular flexibility index (Phi) is 2.97. The molecule has 0 amide bonds. The Morgan fingerprint density at radius 3 is 2.53 bits per heavy atom. The van der Waals surface area contributed by atoms with Crippen LogP contribution < -0.4 is 4.74 Å². The monoisotopic (exact) mass is 264 g/mol. The van der Waals surface area contributed by atoms with Crippen LogP contribution in [0.15, 0.2) is 40.9 Å². The number of aryl methyl sites for hydroxylation is 1. The van der Waals surface area contributed by atoms with E-state index in [0.29, 0.717) is 5.88 Å². The Bertz CT molecular complexity index is 456. The highest BCUT2D eigenvalue weighted by molar-refractivity contribution is 9.10. The fourth-order valence-electron chi connectivity index (χ4n) is 1.08. The molecule has 2 rings (SSSR count). The highest BCUT2D eigenvalue weighted by atomic mass is 79.9. The number of nitrogens with zero attached hydrogens (tertiary/aromatic N) is 2. The molecule has 0 atom stereocenters. The number of benzene rings is 1. The van der Waals surface area contributed by atoms with Crippen LogP contribution in [0.25, 0.3) is 0 Å². The molecule has 0 saturated carbocycles. The van der Waals surface area contributed by atoms with E-state index in [-0.39, 0.29) is 0 Å². The summed E-state index contributed by atoms with van der Waals surface area (Å²) < 4.78 is 6.44. The molecule has 1 aromatic carbocycles. The standard InChI is InChI=1S/C11H9BrN2O/c1-8-6-7-11(14-13-8)15-10-5-3-2-4-9(10)12/h2-7H,1H3. The van der Waals surface area contributed by atoms with Gasteiger partial charge in [-0.3, -0.25) is 0 Å². The second-order valence-corrected chi connectivity index (χ2v) is 3.90. The first-order chi connectivity index (χ1) is 7.25. The Morgan fingerprint density at radius 1 is 1.07 bits per heavy atom. The zero-order valence-corrected chi connectivity index (χ0v) is 9.73. The van der Waals surface area contributed by atoms with Gasteiger partial charge in [0.25, 0.3) is 0 Å². The molecular formula is C11H9BrN2O. The van der Waals surface area contributed by atoms with E-state index in [1.54, 1.807) is 6.07 Å². The molecule has 0 saturated heterocycles. The van der Waals surface area contributed by atoms with E-state index < -0.39 is 0 Å². The van der Waals surface area contributed by atoms with Crippen LogP contribution in [0.5, 0.6) is 11.6 Å². The number of ether oxygens (including phenoxy) is 1. The molecule has 1 aromatic heterocycles. The van der Waals surface area contributed by atoms with Gasteiger partial charge in [-0.25, -0.2) is 0 Å². The molecule has 0 radical (unpaired) electrons. The lowest BCUT2D eigenvalue weighted by Gasteiger charge is -2.05. The molecule has 76 valence electrons. The SMILES string of the molecule is Cc1ccc(Oc2ccccc2Br)nn1. The number of hydrogen-bond donors (Lipinski definition) is 0. The molecular weight excluding hydrogens is 256 g/mol. The van der Waals surface area contributed by atoms with Gasteiger partial charge in [-0.05, 0) is 41.1 Å². The normalized spacial score (nSPS) is 10.0. The van der Waals surface area contributed by atoms with Crippen LogP contribution in [-0.2, 0) is 0 Å². The summed E-state index contributed by atoms with van der Waals surface area (Å²) >= 11 is 3.40. The average molecular weight is 265 g/mol. The molecule has 0 aliphatic carbocycles. The van der Waals surface area contributed by atoms with Crippen molar-refractivity contribution in [2.24, 2.45) is 0 Å². The summed E-state index contributed by atoms with van der Waals surface area (Å²) in [6.07, 6.45) is 0. The van der Waals surface area contributed by atoms with Crippen LogP contribution >= 0.6 is 15.9 Å². The van der Waals surface area contributed by atoms with E-state index in [1.807, 2.05) is 37.3 Å². The number of para-hydroxylation sites is 1. The molecule has 3 nitrogen and oxygen atoms in total. The van der Waals surface area contributed by atoms with E-state index >= 15 is 0 Å². The van der Waals surface area contributed by atoms with Crippen molar-refractivity contribution in [3.8, 4) is 11.6 Å². The van der Waals surface area contributed by atoms with Gasteiger partial charge >= 0.3 is 0 Å². The molecule has 0 unspecified atom stereocenters. The maximum Gasteiger partial charge on any atom is 0.238 e. The van der Waals surface area contributed by atoms with Crippen molar-refractivity contribution in [2.45, 2.75) is 6.92 Å². The van der Waals surface area contributed by atoms with Crippen LogP contribution in [0.1, 0.15) is 5.69 Å². The van der Waals surface area contributed by atoms with Gasteiger partial charge in [0.15, 0.2) is 0 Å². The predicted molar refractivity (Wildman–Crippen MR) is 61.0 cm³/mol. The Hall–Kier alpha value is -1.42. The molecule has 0 bridgehead atoms. The van der Waals surface area contributed by atoms with E-state index in [4.69, 9.17) is 4.74 Å². The summed E-state index contributed by atoms with van der Waals surface area (Å²) in [7, 11) is 0. The third kappa shape index (κ3) is 2.53. The van der Waals surface area contributed by atoms with Gasteiger partial charge < -0.3 is 4.74 Å². The Balaban J connectivity index is 2.22. The zero-order chi connectivity index (χ0) is 10.7. The van der Waals surface area contributed by atoms with Crippen molar-refractivity contribution >= 4 is 15.9 Å². The zero-order valence-electron chi connectivity index (χ0n) is 8.14. The van der Waals surface area contributed by atoms with Crippen LogP contribution in [0.3, 0.4) is 0 Å². The second kappa shape index (κ2) is 4.40. The van der Waals surface area contributed by atoms with E-state index in [0.717, 1.165) is 15.9 Å². The number of aromatic nitrogens is 2. The summed E-state index contributed by atoms with van der Waals surface area (Å²) in [6.45, 7) is 1.88. The minimum atomic E-state index is 0.493. The van der Waals surface area contributed by atoms with E-state index in [1.165, 1.54) is 0 Å². The van der Waals surface area contributed by atoms with Crippen molar-refractivity contribution in [1.29, 1.82) is 0 Å². The van der Waals surface area contributed by atoms with E-state index in [2.05, 4.69) is 26.1 Å². The molecule has 0 N–H and O–H groups in total. The Morgan fingerprint density at radius 2 is 1.87 bits per heavy atom. The van der Waals surface area contributed by atoms with Gasteiger partial charge in [0.1, 0.15) is 5.75 Å². The van der Waals surface area contributed by atoms with Crippen LogP contribution in [0.2, 0.25) is 0 Å². The molecule has 0 fully saturated rings. The van der Waals surface area contributed by atoms with Crippen molar-refractivity contribution in [2.75, 3.05) is 0 Å². The van der Waals surface area contributed by atoms with Crippen LogP contribution in [-0.4, -0.2) is 10.2 Å². The van der Waals surface area contributed by atoms with Crippen molar-refractivity contribution in [1.82, 2.24) is 10.2 Å². The first kappa shape index (κ1) is 10.1. The highest BCUT2D eigenvalue weighted by Crippen LogP contribution is 2.27. The minimum absolute atomic E-state index is 0.493. The molecule has 0 aliphatic rings. The lowest BCUT2D eigenvalue weighted by Crippen LogP contribution is -1.91. The molecule has 1 heterocycles. The van der Waals surface area contributed by atoms with Gasteiger partial charge in [0.2, 0.25) is 5.88 Å². The van der Waals surface area contributed by atoms with Crippen LogP contribution in [0.4, 0.5) is 0 Å². The third-order valence-corrected chi connectivity index (χ3v) is 2.48. The molecule has 2 aromatic rings. The van der Waals surface area contributed by atoms with Gasteiger partial charge in [-0.2, -0.15) is 5.10 Å². The van der Waals surface area contributed by atoms with Gasteiger partial charge in [0.05, 0.1) is 10.2 Å². The van der Waals surface area contributed by atoms with Crippen molar-refractivity contribution < 1.29 is 4.74 Å². The predicted octanol–water partition coefficient (Wildman–Crippen LogP) is 3.34. The van der Waals surface area contributed by atoms with Crippen LogP contribution in [0, 0.1) is 6.92 Å². The highest BCUT2D eigenvalue weighted by Gasteiger charge is 2.02. The largest absolute Gasteiger partial charge is 0.436 e. The summed E-state index contributed by atoms with van der Waals surface area (Å²) in [5.41, 5.74) is 0.870. The summed E-state index contributed by atoms with van der Waals surface area (Å²) in [4.78, 5) is 0. The summed E-state index contributed by atoms with van der Waals surface area (Å²) in [6, 6.07) is 11.3. The Labute approximate surface area is 96.2 Å². The first-order valence-corrected chi connectivity index (χ1v) is 5.28. The van der Waals surface area contributed by atoms with Crippen molar-refractivity contribution in [3.63, 3.8) is 0 Å². The topological polar surface area (TPSA) is 35.0 Å². The second-order valence-electron chi connectivity index (χ2n) is 3.05. The third-order valence-electron chi connectivity index (χ3n) is 1.82. The summed E-state index contributed by atoms with van der Waals surface area (Å²) in [5.74, 6) is 1.23. The number of hydrogen-bond acceptors (Lipinski definition) is 3. The average Bonchev–Trinajstić information content (AvgIpc) is 2.25. The van der Waals surface area contributed by atoms with Gasteiger partial charge in [0, 0.05) is 6.07 Å². The molecule has 15 heavy (non-hydrogen) atoms.